The van der Waals surface area contributed by atoms with Crippen molar-refractivity contribution in [3.05, 3.63) is 70.8 Å². The SMILES string of the molecule is COc1ccc(C2C3=C(OC(=O)C24CCCC4)c2ccccc2C3)cc1. The molecule has 1 heterocycles. The first kappa shape index (κ1) is 15.7. The van der Waals surface area contributed by atoms with Crippen molar-refractivity contribution in [3.8, 4) is 5.75 Å². The van der Waals surface area contributed by atoms with Gasteiger partial charge in [-0.25, -0.2) is 0 Å². The summed E-state index contributed by atoms with van der Waals surface area (Å²) in [5, 5.41) is 0. The summed E-state index contributed by atoms with van der Waals surface area (Å²) in [7, 11) is 1.68. The van der Waals surface area contributed by atoms with Crippen molar-refractivity contribution >= 4 is 11.7 Å². The van der Waals surface area contributed by atoms with Gasteiger partial charge >= 0.3 is 5.97 Å². The van der Waals surface area contributed by atoms with E-state index < -0.39 is 5.41 Å². The van der Waals surface area contributed by atoms with Crippen LogP contribution in [0.5, 0.6) is 5.75 Å². The van der Waals surface area contributed by atoms with Crippen LogP contribution in [0.1, 0.15) is 48.3 Å². The molecule has 1 saturated carbocycles. The molecule has 1 aliphatic heterocycles. The van der Waals surface area contributed by atoms with Gasteiger partial charge in [0.2, 0.25) is 0 Å². The van der Waals surface area contributed by atoms with Crippen molar-refractivity contribution in [1.82, 2.24) is 0 Å². The van der Waals surface area contributed by atoms with E-state index in [1.807, 2.05) is 18.2 Å². The smallest absolute Gasteiger partial charge is 0.318 e. The van der Waals surface area contributed by atoms with E-state index >= 15 is 0 Å². The number of carbonyl (C=O) groups excluding carboxylic acids is 1. The van der Waals surface area contributed by atoms with E-state index in [4.69, 9.17) is 9.47 Å². The van der Waals surface area contributed by atoms with Crippen LogP contribution in [-0.2, 0) is 16.0 Å². The molecule has 3 heteroatoms. The predicted molar refractivity (Wildman–Crippen MR) is 99.8 cm³/mol. The fourth-order valence-corrected chi connectivity index (χ4v) is 5.17. The Kier molecular flexibility index (Phi) is 3.46. The number of allylic oxidation sites excluding steroid dienone is 1. The lowest BCUT2D eigenvalue weighted by molar-refractivity contribution is -0.150. The Labute approximate surface area is 153 Å². The second-order valence-corrected chi connectivity index (χ2v) is 7.65. The molecule has 2 aliphatic carbocycles. The van der Waals surface area contributed by atoms with Crippen molar-refractivity contribution in [2.24, 2.45) is 5.41 Å². The molecule has 1 fully saturated rings. The molecule has 1 spiro atoms. The van der Waals surface area contributed by atoms with Crippen LogP contribution in [0, 0.1) is 5.41 Å². The number of methoxy groups -OCH3 is 1. The third-order valence-electron chi connectivity index (χ3n) is 6.38. The Balaban J connectivity index is 1.68. The van der Waals surface area contributed by atoms with Crippen molar-refractivity contribution in [3.63, 3.8) is 0 Å². The van der Waals surface area contributed by atoms with Gasteiger partial charge in [0.05, 0.1) is 12.5 Å². The molecule has 3 aliphatic rings. The largest absolute Gasteiger partial charge is 0.497 e. The van der Waals surface area contributed by atoms with Crippen LogP contribution in [-0.4, -0.2) is 13.1 Å². The van der Waals surface area contributed by atoms with E-state index in [1.165, 1.54) is 16.7 Å². The summed E-state index contributed by atoms with van der Waals surface area (Å²) >= 11 is 0. The molecule has 2 aromatic carbocycles. The maximum Gasteiger partial charge on any atom is 0.318 e. The summed E-state index contributed by atoms with van der Waals surface area (Å²) < 4.78 is 11.3. The van der Waals surface area contributed by atoms with E-state index in [2.05, 4.69) is 30.3 Å². The minimum Gasteiger partial charge on any atom is -0.497 e. The Morgan fingerprint density at radius 3 is 2.50 bits per heavy atom. The van der Waals surface area contributed by atoms with Crippen LogP contribution >= 0.6 is 0 Å². The van der Waals surface area contributed by atoms with Crippen LogP contribution in [0.2, 0.25) is 0 Å². The molecule has 0 aromatic heterocycles. The van der Waals surface area contributed by atoms with Gasteiger partial charge in [0.25, 0.3) is 0 Å². The number of hydrogen-bond acceptors (Lipinski definition) is 3. The lowest BCUT2D eigenvalue weighted by Crippen LogP contribution is -2.40. The molecule has 0 saturated heterocycles. The highest BCUT2D eigenvalue weighted by molar-refractivity contribution is 5.91. The van der Waals surface area contributed by atoms with Gasteiger partial charge in [-0.1, -0.05) is 49.2 Å². The molecular formula is C23H22O3. The summed E-state index contributed by atoms with van der Waals surface area (Å²) in [6.07, 6.45) is 4.89. The molecule has 0 radical (unpaired) electrons. The molecule has 2 aromatic rings. The molecular weight excluding hydrogens is 324 g/mol. The fraction of sp³-hybridized carbons (Fsp3) is 0.348. The lowest BCUT2D eigenvalue weighted by Gasteiger charge is -2.40. The van der Waals surface area contributed by atoms with E-state index in [1.54, 1.807) is 7.11 Å². The molecule has 1 unspecified atom stereocenters. The zero-order chi connectivity index (χ0) is 17.7. The van der Waals surface area contributed by atoms with Crippen molar-refractivity contribution in [2.45, 2.75) is 38.0 Å². The molecule has 3 nitrogen and oxygen atoms in total. The summed E-state index contributed by atoms with van der Waals surface area (Å²) in [6.45, 7) is 0. The number of hydrogen-bond donors (Lipinski definition) is 0. The third kappa shape index (κ3) is 2.09. The maximum atomic E-state index is 13.2. The van der Waals surface area contributed by atoms with Gasteiger partial charge in [-0.15, -0.1) is 0 Å². The molecule has 0 bridgehead atoms. The van der Waals surface area contributed by atoms with Gasteiger partial charge in [-0.05, 0) is 48.1 Å². The topological polar surface area (TPSA) is 35.5 Å². The highest BCUT2D eigenvalue weighted by Gasteiger charge is 2.55. The second-order valence-electron chi connectivity index (χ2n) is 7.65. The van der Waals surface area contributed by atoms with Crippen LogP contribution in [0.3, 0.4) is 0 Å². The number of esters is 1. The van der Waals surface area contributed by atoms with Crippen molar-refractivity contribution < 1.29 is 14.3 Å². The van der Waals surface area contributed by atoms with Crippen LogP contribution in [0.25, 0.3) is 5.76 Å². The van der Waals surface area contributed by atoms with Crippen LogP contribution in [0.4, 0.5) is 0 Å². The number of ether oxygens (including phenoxy) is 2. The van der Waals surface area contributed by atoms with Gasteiger partial charge in [-0.3, -0.25) is 4.79 Å². The molecule has 132 valence electrons. The standard InChI is InChI=1S/C23H22O3/c1-25-17-10-8-15(9-11-17)20-19-14-16-6-2-3-7-18(16)21(19)26-22(24)23(20)12-4-5-13-23/h2-3,6-11,20H,4-5,12-14H2,1H3. The average molecular weight is 346 g/mol. The second kappa shape index (κ2) is 5.73. The molecule has 1 atom stereocenters. The highest BCUT2D eigenvalue weighted by Crippen LogP contribution is 2.59. The monoisotopic (exact) mass is 346 g/mol. The van der Waals surface area contributed by atoms with Gasteiger partial charge in [0.1, 0.15) is 11.5 Å². The quantitative estimate of drug-likeness (QED) is 0.728. The highest BCUT2D eigenvalue weighted by atomic mass is 16.5. The number of rotatable bonds is 2. The maximum absolute atomic E-state index is 13.2. The Hall–Kier alpha value is -2.55. The van der Waals surface area contributed by atoms with Crippen molar-refractivity contribution in [2.75, 3.05) is 7.11 Å². The minimum atomic E-state index is -0.407. The zero-order valence-electron chi connectivity index (χ0n) is 15.0. The summed E-state index contributed by atoms with van der Waals surface area (Å²) in [5.41, 5.74) is 4.42. The molecule has 26 heavy (non-hydrogen) atoms. The molecule has 0 amide bonds. The Bertz CT molecular complexity index is 901. The first-order chi connectivity index (χ1) is 12.7. The van der Waals surface area contributed by atoms with Gasteiger partial charge in [0.15, 0.2) is 0 Å². The Morgan fingerprint density at radius 2 is 1.77 bits per heavy atom. The van der Waals surface area contributed by atoms with Crippen LogP contribution < -0.4 is 4.74 Å². The molecule has 5 rings (SSSR count). The van der Waals surface area contributed by atoms with Crippen LogP contribution in [0.15, 0.2) is 54.1 Å². The number of carbonyl (C=O) groups is 1. The van der Waals surface area contributed by atoms with E-state index in [0.717, 1.165) is 49.2 Å². The van der Waals surface area contributed by atoms with Gasteiger partial charge in [-0.2, -0.15) is 0 Å². The first-order valence-corrected chi connectivity index (χ1v) is 9.40. The van der Waals surface area contributed by atoms with E-state index in [-0.39, 0.29) is 11.9 Å². The summed E-state index contributed by atoms with van der Waals surface area (Å²) in [6, 6.07) is 16.5. The first-order valence-electron chi connectivity index (χ1n) is 9.40. The lowest BCUT2D eigenvalue weighted by atomic mass is 9.65. The fourth-order valence-electron chi connectivity index (χ4n) is 5.17. The summed E-state index contributed by atoms with van der Waals surface area (Å²) in [4.78, 5) is 13.2. The van der Waals surface area contributed by atoms with Gasteiger partial charge < -0.3 is 9.47 Å². The van der Waals surface area contributed by atoms with E-state index in [9.17, 15) is 4.79 Å². The third-order valence-corrected chi connectivity index (χ3v) is 6.38. The average Bonchev–Trinajstić information content (AvgIpc) is 3.29. The summed E-state index contributed by atoms with van der Waals surface area (Å²) in [5.74, 6) is 1.71. The normalized spacial score (nSPS) is 23.0. The minimum absolute atomic E-state index is 0.0359. The van der Waals surface area contributed by atoms with Crippen molar-refractivity contribution in [1.29, 1.82) is 0 Å². The molecule has 0 N–H and O–H groups in total. The Morgan fingerprint density at radius 1 is 1.04 bits per heavy atom. The van der Waals surface area contributed by atoms with Gasteiger partial charge in [0, 0.05) is 11.5 Å². The number of fused-ring (bicyclic) bond motifs is 2. The predicted octanol–water partition coefficient (Wildman–Crippen LogP) is 4.86. The van der Waals surface area contributed by atoms with E-state index in [0.29, 0.717) is 0 Å². The zero-order valence-corrected chi connectivity index (χ0v) is 15.0. The number of benzene rings is 2.